The average molecular weight is 361 g/mol. The van der Waals surface area contributed by atoms with Gasteiger partial charge in [-0.2, -0.15) is 0 Å². The molecule has 2 aromatic rings. The topological polar surface area (TPSA) is 38.5 Å². The molecule has 1 heterocycles. The summed E-state index contributed by atoms with van der Waals surface area (Å²) in [7, 11) is 1.72. The molecule has 0 unspecified atom stereocenters. The van der Waals surface area contributed by atoms with Crippen LogP contribution in [0, 0.1) is 0 Å². The van der Waals surface area contributed by atoms with Crippen LogP contribution in [0.5, 0.6) is 5.75 Å². The summed E-state index contributed by atoms with van der Waals surface area (Å²) in [4.78, 5) is 2.41. The molecule has 3 nitrogen and oxygen atoms in total. The second-order valence-corrected chi connectivity index (χ2v) is 6.75. The third-order valence-corrected chi connectivity index (χ3v) is 4.80. The molecule has 0 spiro atoms. The highest BCUT2D eigenvalue weighted by Gasteiger charge is 2.31. The number of likely N-dealkylation sites (tertiary alicyclic amines) is 1. The predicted molar refractivity (Wildman–Crippen MR) is 93.1 cm³/mol. The quantitative estimate of drug-likeness (QED) is 0.907. The van der Waals surface area contributed by atoms with Crippen molar-refractivity contribution in [3.63, 3.8) is 0 Å². The molecule has 1 fully saturated rings. The lowest BCUT2D eigenvalue weighted by Crippen LogP contribution is -2.28. The lowest BCUT2D eigenvalue weighted by molar-refractivity contribution is 0.314. The van der Waals surface area contributed by atoms with Gasteiger partial charge >= 0.3 is 0 Å². The van der Waals surface area contributed by atoms with Gasteiger partial charge in [-0.25, -0.2) is 0 Å². The van der Waals surface area contributed by atoms with E-state index in [1.165, 1.54) is 11.1 Å². The molecule has 1 aliphatic heterocycles. The maximum absolute atomic E-state index is 6.37. The van der Waals surface area contributed by atoms with Crippen LogP contribution in [-0.2, 0) is 6.54 Å². The number of hydrogen-bond donors (Lipinski definition) is 1. The fourth-order valence-electron chi connectivity index (χ4n) is 3.21. The van der Waals surface area contributed by atoms with Gasteiger partial charge in [0.15, 0.2) is 0 Å². The first-order valence-electron chi connectivity index (χ1n) is 7.52. The summed E-state index contributed by atoms with van der Waals surface area (Å²) in [5.74, 6) is 1.33. The molecule has 0 aliphatic carbocycles. The molecule has 0 amide bonds. The molecule has 2 atom stereocenters. The predicted octanol–water partition coefficient (Wildman–Crippen LogP) is 3.38. The van der Waals surface area contributed by atoms with Crippen LogP contribution in [0.15, 0.2) is 53.0 Å². The molecule has 1 aliphatic rings. The summed E-state index contributed by atoms with van der Waals surface area (Å²) < 4.78 is 6.55. The largest absolute Gasteiger partial charge is 0.496 e. The lowest BCUT2D eigenvalue weighted by Gasteiger charge is -2.18. The van der Waals surface area contributed by atoms with E-state index in [4.69, 9.17) is 10.5 Å². The molecule has 22 heavy (non-hydrogen) atoms. The molecule has 2 N–H and O–H groups in total. The zero-order chi connectivity index (χ0) is 15.5. The summed E-state index contributed by atoms with van der Waals surface area (Å²) in [6.45, 7) is 2.76. The fourth-order valence-corrected chi connectivity index (χ4v) is 3.62. The van der Waals surface area contributed by atoms with E-state index in [0.29, 0.717) is 5.92 Å². The molecule has 2 aromatic carbocycles. The highest BCUT2D eigenvalue weighted by molar-refractivity contribution is 9.10. The van der Waals surface area contributed by atoms with Crippen molar-refractivity contribution in [3.8, 4) is 5.75 Å². The Morgan fingerprint density at radius 3 is 2.68 bits per heavy atom. The van der Waals surface area contributed by atoms with E-state index in [9.17, 15) is 0 Å². The van der Waals surface area contributed by atoms with E-state index < -0.39 is 0 Å². The molecular weight excluding hydrogens is 340 g/mol. The Morgan fingerprint density at radius 2 is 1.95 bits per heavy atom. The number of benzene rings is 2. The molecule has 0 bridgehead atoms. The molecule has 3 rings (SSSR count). The zero-order valence-electron chi connectivity index (χ0n) is 12.7. The van der Waals surface area contributed by atoms with E-state index in [-0.39, 0.29) is 6.04 Å². The highest BCUT2D eigenvalue weighted by Crippen LogP contribution is 2.30. The smallest absolute Gasteiger partial charge is 0.123 e. The SMILES string of the molecule is COc1ccc(Br)cc1CN1C[C@@H](N)[C@H](c2ccccc2)C1. The minimum absolute atomic E-state index is 0.181. The molecule has 0 radical (unpaired) electrons. The number of hydrogen-bond acceptors (Lipinski definition) is 3. The van der Waals surface area contributed by atoms with Gasteiger partial charge in [-0.3, -0.25) is 4.90 Å². The highest BCUT2D eigenvalue weighted by atomic mass is 79.9. The van der Waals surface area contributed by atoms with Crippen LogP contribution in [-0.4, -0.2) is 31.1 Å². The van der Waals surface area contributed by atoms with Crippen molar-refractivity contribution in [3.05, 3.63) is 64.1 Å². The number of rotatable bonds is 4. The molecule has 0 saturated carbocycles. The third-order valence-electron chi connectivity index (χ3n) is 4.30. The van der Waals surface area contributed by atoms with Crippen LogP contribution in [0.2, 0.25) is 0 Å². The van der Waals surface area contributed by atoms with E-state index in [1.807, 2.05) is 18.2 Å². The second-order valence-electron chi connectivity index (χ2n) is 5.83. The van der Waals surface area contributed by atoms with E-state index >= 15 is 0 Å². The maximum atomic E-state index is 6.37. The first kappa shape index (κ1) is 15.5. The normalized spacial score (nSPS) is 22.0. The second kappa shape index (κ2) is 6.82. The van der Waals surface area contributed by atoms with Crippen molar-refractivity contribution in [2.24, 2.45) is 5.73 Å². The Kier molecular flexibility index (Phi) is 4.81. The van der Waals surface area contributed by atoms with Crippen molar-refractivity contribution in [1.29, 1.82) is 0 Å². The Labute approximate surface area is 140 Å². The van der Waals surface area contributed by atoms with Crippen molar-refractivity contribution in [2.45, 2.75) is 18.5 Å². The van der Waals surface area contributed by atoms with Crippen molar-refractivity contribution < 1.29 is 4.74 Å². The minimum Gasteiger partial charge on any atom is -0.496 e. The number of ether oxygens (including phenoxy) is 1. The van der Waals surface area contributed by atoms with Gasteiger partial charge < -0.3 is 10.5 Å². The van der Waals surface area contributed by atoms with Crippen LogP contribution in [0.3, 0.4) is 0 Å². The number of nitrogens with zero attached hydrogens (tertiary/aromatic N) is 1. The van der Waals surface area contributed by atoms with Gasteiger partial charge in [-0.1, -0.05) is 46.3 Å². The minimum atomic E-state index is 0.181. The average Bonchev–Trinajstić information content (AvgIpc) is 2.89. The fraction of sp³-hybridized carbons (Fsp3) is 0.333. The Bertz CT molecular complexity index is 632. The van der Waals surface area contributed by atoms with Crippen LogP contribution in [0.1, 0.15) is 17.0 Å². The number of methoxy groups -OCH3 is 1. The van der Waals surface area contributed by atoms with Crippen LogP contribution >= 0.6 is 15.9 Å². The monoisotopic (exact) mass is 360 g/mol. The number of halogens is 1. The standard InChI is InChI=1S/C18H21BrN2O/c1-22-18-8-7-15(19)9-14(18)10-21-11-16(17(20)12-21)13-5-3-2-4-6-13/h2-9,16-17H,10-12,20H2,1H3/t16-,17+/m0/s1. The molecule has 116 valence electrons. The number of nitrogens with two attached hydrogens (primary N) is 1. The van der Waals surface area contributed by atoms with Gasteiger partial charge in [0.2, 0.25) is 0 Å². The molecule has 1 saturated heterocycles. The Balaban J connectivity index is 1.74. The summed E-state index contributed by atoms with van der Waals surface area (Å²) in [6, 6.07) is 16.9. The van der Waals surface area contributed by atoms with Crippen molar-refractivity contribution in [2.75, 3.05) is 20.2 Å². The van der Waals surface area contributed by atoms with Gasteiger partial charge in [0.1, 0.15) is 5.75 Å². The van der Waals surface area contributed by atoms with Gasteiger partial charge in [-0.15, -0.1) is 0 Å². The van der Waals surface area contributed by atoms with Crippen LogP contribution < -0.4 is 10.5 Å². The lowest BCUT2D eigenvalue weighted by atomic mass is 9.95. The summed E-state index contributed by atoms with van der Waals surface area (Å²) in [5, 5.41) is 0. The van der Waals surface area contributed by atoms with Crippen LogP contribution in [0.4, 0.5) is 0 Å². The van der Waals surface area contributed by atoms with Gasteiger partial charge in [0, 0.05) is 41.6 Å². The van der Waals surface area contributed by atoms with Gasteiger partial charge in [0.05, 0.1) is 7.11 Å². The summed E-state index contributed by atoms with van der Waals surface area (Å²) >= 11 is 3.54. The van der Waals surface area contributed by atoms with Crippen LogP contribution in [0.25, 0.3) is 0 Å². The molecule has 0 aromatic heterocycles. The Hall–Kier alpha value is -1.36. The van der Waals surface area contributed by atoms with Gasteiger partial charge in [-0.05, 0) is 23.8 Å². The van der Waals surface area contributed by atoms with E-state index in [2.05, 4.69) is 51.2 Å². The van der Waals surface area contributed by atoms with Gasteiger partial charge in [0.25, 0.3) is 0 Å². The first-order valence-corrected chi connectivity index (χ1v) is 8.32. The summed E-state index contributed by atoms with van der Waals surface area (Å²) in [6.07, 6.45) is 0. The molecule has 4 heteroatoms. The zero-order valence-corrected chi connectivity index (χ0v) is 14.3. The van der Waals surface area contributed by atoms with E-state index in [1.54, 1.807) is 7.11 Å². The summed E-state index contributed by atoms with van der Waals surface area (Å²) in [5.41, 5.74) is 8.90. The first-order chi connectivity index (χ1) is 10.7. The van der Waals surface area contributed by atoms with Crippen molar-refractivity contribution in [1.82, 2.24) is 4.90 Å². The third kappa shape index (κ3) is 3.35. The van der Waals surface area contributed by atoms with Crippen molar-refractivity contribution >= 4 is 15.9 Å². The molecular formula is C18H21BrN2O. The van der Waals surface area contributed by atoms with E-state index in [0.717, 1.165) is 29.9 Å². The maximum Gasteiger partial charge on any atom is 0.123 e. The Morgan fingerprint density at radius 1 is 1.18 bits per heavy atom.